The second kappa shape index (κ2) is 13.1. The molecule has 2 aromatic carbocycles. The first kappa shape index (κ1) is 30.8. The molecule has 8 N–H and O–H groups in total. The van der Waals surface area contributed by atoms with Crippen LogP contribution < -0.4 is 15.8 Å². The summed E-state index contributed by atoms with van der Waals surface area (Å²) in [6.45, 7) is 0.888. The van der Waals surface area contributed by atoms with E-state index in [2.05, 4.69) is 10.0 Å². The van der Waals surface area contributed by atoms with Gasteiger partial charge in [0.2, 0.25) is 21.8 Å². The van der Waals surface area contributed by atoms with Crippen LogP contribution in [0.4, 0.5) is 0 Å². The number of carbonyl (C=O) groups is 3. The molecular formula is C26H36N6O7S. The number of likely N-dealkylation sites (tertiary alicyclic amines) is 1. The molecule has 4 rings (SSSR count). The van der Waals surface area contributed by atoms with Crippen molar-refractivity contribution in [1.29, 1.82) is 5.41 Å². The first-order valence-corrected chi connectivity index (χ1v) is 14.4. The van der Waals surface area contributed by atoms with Gasteiger partial charge in [0.15, 0.2) is 5.96 Å². The molecule has 14 heteroatoms. The van der Waals surface area contributed by atoms with E-state index >= 15 is 0 Å². The highest BCUT2D eigenvalue weighted by atomic mass is 32.2. The highest BCUT2D eigenvalue weighted by Crippen LogP contribution is 2.28. The summed E-state index contributed by atoms with van der Waals surface area (Å²) >= 11 is 0. The maximum absolute atomic E-state index is 13.5. The van der Waals surface area contributed by atoms with Gasteiger partial charge >= 0.3 is 5.97 Å². The first-order valence-electron chi connectivity index (χ1n) is 12.9. The number of amides is 2. The third kappa shape index (κ3) is 7.90. The second-order valence-electron chi connectivity index (χ2n) is 10.1. The zero-order valence-electron chi connectivity index (χ0n) is 22.0. The predicted molar refractivity (Wildman–Crippen MR) is 148 cm³/mol. The van der Waals surface area contributed by atoms with Gasteiger partial charge in [-0.25, -0.2) is 8.42 Å². The number of nitrogens with two attached hydrogens (primary N) is 1. The number of nitrogens with zero attached hydrogens (tertiary/aromatic N) is 2. The van der Waals surface area contributed by atoms with E-state index in [1.54, 1.807) is 23.1 Å². The van der Waals surface area contributed by atoms with E-state index in [9.17, 15) is 27.9 Å². The molecule has 13 nitrogen and oxygen atoms in total. The number of piperidine rings is 1. The number of carboxylic acid groups (broad SMARTS) is 1. The predicted octanol–water partition coefficient (Wildman–Crippen LogP) is -0.151. The third-order valence-electron chi connectivity index (χ3n) is 7.04. The summed E-state index contributed by atoms with van der Waals surface area (Å²) in [5, 5.41) is 21.3. The molecule has 1 heterocycles. The summed E-state index contributed by atoms with van der Waals surface area (Å²) in [5.41, 5.74) is 5.59. The van der Waals surface area contributed by atoms with E-state index in [1.807, 2.05) is 12.1 Å². The number of carbonyl (C=O) groups excluding carboxylic acids is 2. The van der Waals surface area contributed by atoms with Crippen molar-refractivity contribution >= 4 is 44.5 Å². The van der Waals surface area contributed by atoms with Gasteiger partial charge in [0.25, 0.3) is 0 Å². The highest BCUT2D eigenvalue weighted by Gasteiger charge is 2.39. The molecule has 1 saturated heterocycles. The topological polar surface area (TPSA) is 217 Å². The van der Waals surface area contributed by atoms with Gasteiger partial charge in [-0.2, -0.15) is 4.72 Å². The summed E-state index contributed by atoms with van der Waals surface area (Å²) in [5.74, 6) is -2.49. The highest BCUT2D eigenvalue weighted by molar-refractivity contribution is 7.89. The van der Waals surface area contributed by atoms with Crippen LogP contribution in [0.2, 0.25) is 0 Å². The normalized spacial score (nSPS) is 17.9. The average molecular weight is 577 g/mol. The largest absolute Gasteiger partial charge is 0.480 e. The van der Waals surface area contributed by atoms with Gasteiger partial charge in [-0.3, -0.25) is 19.8 Å². The monoisotopic (exact) mass is 576 g/mol. The Morgan fingerprint density at radius 3 is 2.48 bits per heavy atom. The lowest BCUT2D eigenvalue weighted by atomic mass is 9.98. The molecule has 0 aromatic heterocycles. The standard InChI is InChI=1S/C26H34N6O6S.H2O/c27-26(28)31-11-3-4-17(15-31)14-29-23(33)13-22(25(36)32(16-24(34)35)20-8-9-20)30-39(37,38)21-10-7-18-5-1-2-6-19(18)12-21;/h1-2,5-7,10,12,17,20,22,30H,3-4,8-9,11,13-16H2,(H3,27,28)(H,29,33)(H,34,35);1H2/t17-,22-;/m0./s1. The number of nitrogens with one attached hydrogen (secondary N) is 3. The summed E-state index contributed by atoms with van der Waals surface area (Å²) in [7, 11) is -4.23. The molecule has 2 atom stereocenters. The molecule has 0 radical (unpaired) electrons. The summed E-state index contributed by atoms with van der Waals surface area (Å²) in [6, 6.07) is 10.0. The first-order chi connectivity index (χ1) is 18.5. The van der Waals surface area contributed by atoms with Crippen LogP contribution in [0.15, 0.2) is 47.4 Å². The van der Waals surface area contributed by atoms with Crippen LogP contribution in [0.5, 0.6) is 0 Å². The molecule has 0 spiro atoms. The number of benzene rings is 2. The van der Waals surface area contributed by atoms with E-state index in [1.165, 1.54) is 12.1 Å². The molecule has 1 saturated carbocycles. The molecule has 2 fully saturated rings. The van der Waals surface area contributed by atoms with E-state index in [4.69, 9.17) is 11.1 Å². The number of rotatable bonds is 11. The molecule has 218 valence electrons. The number of fused-ring (bicyclic) bond motifs is 1. The SMILES string of the molecule is N=C(N)N1CCC[C@@H](CNC(=O)C[C@H](NS(=O)(=O)c2ccc3ccccc3c2)C(=O)N(CC(=O)O)C2CC2)C1.O. The lowest BCUT2D eigenvalue weighted by Gasteiger charge is -2.33. The van der Waals surface area contributed by atoms with E-state index in [0.717, 1.165) is 23.1 Å². The number of hydrogen-bond acceptors (Lipinski definition) is 6. The minimum Gasteiger partial charge on any atom is -0.480 e. The Balaban J connectivity index is 0.00000441. The second-order valence-corrected chi connectivity index (χ2v) is 11.8. The van der Waals surface area contributed by atoms with Crippen LogP contribution in [-0.2, 0) is 24.4 Å². The zero-order chi connectivity index (χ0) is 28.2. The van der Waals surface area contributed by atoms with Gasteiger partial charge in [0, 0.05) is 25.7 Å². The quantitative estimate of drug-likeness (QED) is 0.178. The summed E-state index contributed by atoms with van der Waals surface area (Å²) in [4.78, 5) is 40.6. The molecule has 2 aromatic rings. The number of guanidine groups is 1. The lowest BCUT2D eigenvalue weighted by Crippen LogP contribution is -2.52. The van der Waals surface area contributed by atoms with Gasteiger partial charge in [0.05, 0.1) is 11.3 Å². The van der Waals surface area contributed by atoms with E-state index < -0.39 is 46.8 Å². The van der Waals surface area contributed by atoms with Crippen molar-refractivity contribution in [2.24, 2.45) is 11.7 Å². The summed E-state index contributed by atoms with van der Waals surface area (Å²) in [6.07, 6.45) is 2.39. The van der Waals surface area contributed by atoms with E-state index in [-0.39, 0.29) is 34.8 Å². The Morgan fingerprint density at radius 1 is 1.12 bits per heavy atom. The van der Waals surface area contributed by atoms with Crippen LogP contribution in [0.25, 0.3) is 10.8 Å². The van der Waals surface area contributed by atoms with Crippen LogP contribution in [0.3, 0.4) is 0 Å². The van der Waals surface area contributed by atoms with Crippen molar-refractivity contribution in [2.75, 3.05) is 26.2 Å². The van der Waals surface area contributed by atoms with Crippen LogP contribution in [0.1, 0.15) is 32.1 Å². The van der Waals surface area contributed by atoms with E-state index in [0.29, 0.717) is 31.3 Å². The van der Waals surface area contributed by atoms with Crippen LogP contribution in [0, 0.1) is 11.3 Å². The molecular weight excluding hydrogens is 540 g/mol. The van der Waals surface area contributed by atoms with Crippen LogP contribution in [-0.4, -0.2) is 90.8 Å². The fraction of sp³-hybridized carbons (Fsp3) is 0.462. The average Bonchev–Trinajstić information content (AvgIpc) is 3.75. The lowest BCUT2D eigenvalue weighted by molar-refractivity contribution is -0.146. The Kier molecular flexibility index (Phi) is 10.1. The number of hydrogen-bond donors (Lipinski definition) is 5. The Hall–Kier alpha value is -3.75. The molecule has 2 amide bonds. The zero-order valence-corrected chi connectivity index (χ0v) is 22.8. The summed E-state index contributed by atoms with van der Waals surface area (Å²) < 4.78 is 29.1. The molecule has 1 aliphatic carbocycles. The van der Waals surface area contributed by atoms with Crippen molar-refractivity contribution in [3.8, 4) is 0 Å². The van der Waals surface area contributed by atoms with Gasteiger partial charge in [-0.05, 0) is 54.5 Å². The fourth-order valence-electron chi connectivity index (χ4n) is 4.85. The van der Waals surface area contributed by atoms with Gasteiger partial charge < -0.3 is 31.4 Å². The van der Waals surface area contributed by atoms with Crippen molar-refractivity contribution in [2.45, 2.75) is 49.1 Å². The van der Waals surface area contributed by atoms with Gasteiger partial charge in [0.1, 0.15) is 12.6 Å². The van der Waals surface area contributed by atoms with Crippen molar-refractivity contribution < 1.29 is 33.4 Å². The smallest absolute Gasteiger partial charge is 0.323 e. The Labute approximate surface area is 232 Å². The Morgan fingerprint density at radius 2 is 1.82 bits per heavy atom. The van der Waals surface area contributed by atoms with Crippen molar-refractivity contribution in [3.63, 3.8) is 0 Å². The molecule has 0 bridgehead atoms. The fourth-order valence-corrected chi connectivity index (χ4v) is 6.08. The van der Waals surface area contributed by atoms with Crippen LogP contribution >= 0.6 is 0 Å². The molecule has 40 heavy (non-hydrogen) atoms. The maximum atomic E-state index is 13.5. The third-order valence-corrected chi connectivity index (χ3v) is 8.51. The number of carboxylic acids is 1. The van der Waals surface area contributed by atoms with Gasteiger partial charge in [-0.15, -0.1) is 0 Å². The Bertz CT molecular complexity index is 1360. The molecule has 2 aliphatic rings. The molecule has 1 aliphatic heterocycles. The minimum absolute atomic E-state index is 0. The van der Waals surface area contributed by atoms with Gasteiger partial charge in [-0.1, -0.05) is 30.3 Å². The maximum Gasteiger partial charge on any atom is 0.323 e. The van der Waals surface area contributed by atoms with Crippen molar-refractivity contribution in [1.82, 2.24) is 19.8 Å². The number of sulfonamides is 1. The minimum atomic E-state index is -4.23. The molecule has 0 unspecified atom stereocenters. The number of aliphatic carboxylic acids is 1. The van der Waals surface area contributed by atoms with Crippen molar-refractivity contribution in [3.05, 3.63) is 42.5 Å².